The van der Waals surface area contributed by atoms with Crippen molar-refractivity contribution in [3.63, 3.8) is 0 Å². The van der Waals surface area contributed by atoms with Crippen molar-refractivity contribution in [2.75, 3.05) is 20.3 Å². The van der Waals surface area contributed by atoms with E-state index in [1.165, 1.54) is 0 Å². The fraction of sp³-hybridized carbons (Fsp3) is 0.500. The molecule has 1 aliphatic rings. The molecule has 21 heavy (non-hydrogen) atoms. The third-order valence-corrected chi connectivity index (χ3v) is 4.14. The van der Waals surface area contributed by atoms with Gasteiger partial charge in [-0.3, -0.25) is 9.59 Å². The van der Waals surface area contributed by atoms with Crippen molar-refractivity contribution in [2.45, 2.75) is 31.8 Å². The van der Waals surface area contributed by atoms with Crippen LogP contribution in [0.1, 0.15) is 26.3 Å². The molecule has 1 aromatic rings. The third kappa shape index (κ3) is 2.53. The quantitative estimate of drug-likeness (QED) is 0.909. The molecule has 0 aromatic heterocycles. The van der Waals surface area contributed by atoms with Crippen molar-refractivity contribution < 1.29 is 14.3 Å². The summed E-state index contributed by atoms with van der Waals surface area (Å²) >= 11 is 0. The van der Waals surface area contributed by atoms with E-state index in [0.717, 1.165) is 5.56 Å². The van der Waals surface area contributed by atoms with Gasteiger partial charge in [-0.2, -0.15) is 0 Å². The molecule has 1 fully saturated rings. The van der Waals surface area contributed by atoms with Crippen LogP contribution in [-0.4, -0.2) is 42.5 Å². The number of carbonyl (C=O) groups excluding carboxylic acids is 2. The van der Waals surface area contributed by atoms with Gasteiger partial charge in [0.2, 0.25) is 5.91 Å². The summed E-state index contributed by atoms with van der Waals surface area (Å²) in [5, 5.41) is 2.88. The van der Waals surface area contributed by atoms with Crippen LogP contribution in [0.15, 0.2) is 30.3 Å². The zero-order valence-corrected chi connectivity index (χ0v) is 13.0. The molecule has 0 spiro atoms. The van der Waals surface area contributed by atoms with E-state index in [4.69, 9.17) is 4.74 Å². The summed E-state index contributed by atoms with van der Waals surface area (Å²) in [6.45, 7) is 6.03. The molecule has 1 aliphatic heterocycles. The number of hydrogen-bond acceptors (Lipinski definition) is 3. The first kappa shape index (κ1) is 15.5. The second-order valence-electron chi connectivity index (χ2n) is 5.95. The molecule has 1 N–H and O–H groups in total. The molecular weight excluding hydrogens is 268 g/mol. The Labute approximate surface area is 125 Å². The zero-order chi connectivity index (χ0) is 15.7. The SMILES string of the molecule is COCCN1C(=O)C(C)(c2ccccc2)NC(=O)C1(C)C. The minimum absolute atomic E-state index is 0.115. The number of carbonyl (C=O) groups is 2. The summed E-state index contributed by atoms with van der Waals surface area (Å²) in [7, 11) is 1.58. The number of piperazine rings is 1. The molecule has 0 saturated carbocycles. The van der Waals surface area contributed by atoms with Gasteiger partial charge in [0.25, 0.3) is 5.91 Å². The highest BCUT2D eigenvalue weighted by Crippen LogP contribution is 2.32. The molecular formula is C16H22N2O3. The predicted octanol–water partition coefficient (Wildman–Crippen LogP) is 1.29. The monoisotopic (exact) mass is 290 g/mol. The fourth-order valence-corrected chi connectivity index (χ4v) is 2.61. The number of benzene rings is 1. The maximum absolute atomic E-state index is 13.0. The van der Waals surface area contributed by atoms with E-state index in [1.54, 1.807) is 32.8 Å². The van der Waals surface area contributed by atoms with Crippen molar-refractivity contribution in [3.8, 4) is 0 Å². The van der Waals surface area contributed by atoms with Crippen LogP contribution in [0.2, 0.25) is 0 Å². The largest absolute Gasteiger partial charge is 0.383 e. The Bertz CT molecular complexity index is 542. The smallest absolute Gasteiger partial charge is 0.253 e. The van der Waals surface area contributed by atoms with Crippen molar-refractivity contribution in [3.05, 3.63) is 35.9 Å². The van der Waals surface area contributed by atoms with E-state index in [1.807, 2.05) is 30.3 Å². The maximum atomic E-state index is 13.0. The number of amides is 2. The number of hydrogen-bond donors (Lipinski definition) is 1. The molecule has 0 aliphatic carbocycles. The Morgan fingerprint density at radius 2 is 1.76 bits per heavy atom. The van der Waals surface area contributed by atoms with Gasteiger partial charge >= 0.3 is 0 Å². The second-order valence-corrected chi connectivity index (χ2v) is 5.95. The summed E-state index contributed by atoms with van der Waals surface area (Å²) < 4.78 is 5.07. The normalized spacial score (nSPS) is 24.9. The first-order valence-electron chi connectivity index (χ1n) is 7.03. The van der Waals surface area contributed by atoms with Crippen molar-refractivity contribution >= 4 is 11.8 Å². The molecule has 1 saturated heterocycles. The highest BCUT2D eigenvalue weighted by Gasteiger charge is 2.52. The number of nitrogens with one attached hydrogen (secondary N) is 1. The van der Waals surface area contributed by atoms with Crippen LogP contribution in [0, 0.1) is 0 Å². The molecule has 0 radical (unpaired) electrons. The lowest BCUT2D eigenvalue weighted by atomic mass is 9.83. The van der Waals surface area contributed by atoms with E-state index in [-0.39, 0.29) is 11.8 Å². The van der Waals surface area contributed by atoms with Crippen LogP contribution >= 0.6 is 0 Å². The second kappa shape index (κ2) is 5.48. The van der Waals surface area contributed by atoms with Gasteiger partial charge in [0, 0.05) is 13.7 Å². The first-order valence-corrected chi connectivity index (χ1v) is 7.03. The van der Waals surface area contributed by atoms with Crippen LogP contribution < -0.4 is 5.32 Å². The molecule has 5 heteroatoms. The Morgan fingerprint density at radius 3 is 2.33 bits per heavy atom. The van der Waals surface area contributed by atoms with E-state index in [0.29, 0.717) is 13.2 Å². The maximum Gasteiger partial charge on any atom is 0.253 e. The lowest BCUT2D eigenvalue weighted by Gasteiger charge is -2.48. The average molecular weight is 290 g/mol. The van der Waals surface area contributed by atoms with Crippen molar-refractivity contribution in [1.29, 1.82) is 0 Å². The van der Waals surface area contributed by atoms with Crippen LogP contribution in [0.3, 0.4) is 0 Å². The highest BCUT2D eigenvalue weighted by molar-refractivity contribution is 6.02. The van der Waals surface area contributed by atoms with E-state index in [2.05, 4.69) is 5.32 Å². The van der Waals surface area contributed by atoms with Crippen molar-refractivity contribution in [1.82, 2.24) is 10.2 Å². The number of ether oxygens (including phenoxy) is 1. The molecule has 2 rings (SSSR count). The van der Waals surface area contributed by atoms with Gasteiger partial charge < -0.3 is 15.0 Å². The zero-order valence-electron chi connectivity index (χ0n) is 13.0. The summed E-state index contributed by atoms with van der Waals surface area (Å²) in [6.07, 6.45) is 0. The van der Waals surface area contributed by atoms with Crippen LogP contribution in [0.4, 0.5) is 0 Å². The molecule has 1 atom stereocenters. The van der Waals surface area contributed by atoms with Gasteiger partial charge in [-0.1, -0.05) is 30.3 Å². The number of methoxy groups -OCH3 is 1. The van der Waals surface area contributed by atoms with Gasteiger partial charge in [-0.25, -0.2) is 0 Å². The molecule has 5 nitrogen and oxygen atoms in total. The molecule has 0 bridgehead atoms. The predicted molar refractivity (Wildman–Crippen MR) is 79.6 cm³/mol. The summed E-state index contributed by atoms with van der Waals surface area (Å²) in [4.78, 5) is 27.0. The lowest BCUT2D eigenvalue weighted by molar-refractivity contribution is -0.161. The van der Waals surface area contributed by atoms with Gasteiger partial charge in [-0.15, -0.1) is 0 Å². The van der Waals surface area contributed by atoms with Gasteiger partial charge in [0.1, 0.15) is 11.1 Å². The minimum atomic E-state index is -1.04. The van der Waals surface area contributed by atoms with E-state index < -0.39 is 11.1 Å². The third-order valence-electron chi connectivity index (χ3n) is 4.14. The Kier molecular flexibility index (Phi) is 4.05. The fourth-order valence-electron chi connectivity index (χ4n) is 2.61. The Hall–Kier alpha value is -1.88. The Morgan fingerprint density at radius 1 is 1.14 bits per heavy atom. The van der Waals surface area contributed by atoms with Crippen LogP contribution in [0.25, 0.3) is 0 Å². The average Bonchev–Trinajstić information content (AvgIpc) is 2.46. The minimum Gasteiger partial charge on any atom is -0.383 e. The topological polar surface area (TPSA) is 58.6 Å². The standard InChI is InChI=1S/C16H22N2O3/c1-15(2)13(19)17-16(3,12-8-6-5-7-9-12)14(20)18(15)10-11-21-4/h5-9H,10-11H2,1-4H3,(H,17,19). The lowest BCUT2D eigenvalue weighted by Crippen LogP contribution is -2.72. The van der Waals surface area contributed by atoms with Crippen LogP contribution in [0.5, 0.6) is 0 Å². The van der Waals surface area contributed by atoms with E-state index >= 15 is 0 Å². The molecule has 1 heterocycles. The molecule has 114 valence electrons. The summed E-state index contributed by atoms with van der Waals surface area (Å²) in [6, 6.07) is 9.31. The number of rotatable bonds is 4. The molecule has 1 aromatic carbocycles. The van der Waals surface area contributed by atoms with Gasteiger partial charge in [-0.05, 0) is 26.3 Å². The molecule has 2 amide bonds. The first-order chi connectivity index (χ1) is 9.84. The number of nitrogens with zero attached hydrogens (tertiary/aromatic N) is 1. The van der Waals surface area contributed by atoms with Crippen molar-refractivity contribution in [2.24, 2.45) is 0 Å². The molecule has 1 unspecified atom stereocenters. The highest BCUT2D eigenvalue weighted by atomic mass is 16.5. The van der Waals surface area contributed by atoms with E-state index in [9.17, 15) is 9.59 Å². The van der Waals surface area contributed by atoms with Crippen LogP contribution in [-0.2, 0) is 19.9 Å². The van der Waals surface area contributed by atoms with Gasteiger partial charge in [0.05, 0.1) is 6.61 Å². The Balaban J connectivity index is 2.42. The summed E-state index contributed by atoms with van der Waals surface area (Å²) in [5.74, 6) is -0.278. The van der Waals surface area contributed by atoms with Gasteiger partial charge in [0.15, 0.2) is 0 Å². The summed E-state index contributed by atoms with van der Waals surface area (Å²) in [5.41, 5.74) is -1.15.